The van der Waals surface area contributed by atoms with Crippen molar-refractivity contribution in [3.63, 3.8) is 0 Å². The molecule has 0 spiro atoms. The number of aliphatic imine (C=N–C) groups is 1. The van der Waals surface area contributed by atoms with E-state index in [9.17, 15) is 0 Å². The van der Waals surface area contributed by atoms with Crippen LogP contribution in [0.5, 0.6) is 0 Å². The Morgan fingerprint density at radius 2 is 2.07 bits per heavy atom. The van der Waals surface area contributed by atoms with Crippen LogP contribution in [0.15, 0.2) is 41.7 Å². The number of hydrogen-bond donors (Lipinski definition) is 2. The van der Waals surface area contributed by atoms with E-state index in [0.717, 1.165) is 37.7 Å². The number of imidazole rings is 1. The molecule has 2 N–H and O–H groups in total. The number of nitrogens with zero attached hydrogens (tertiary/aromatic N) is 4. The molecule has 6 nitrogen and oxygen atoms in total. The van der Waals surface area contributed by atoms with Gasteiger partial charge in [-0.2, -0.15) is 0 Å². The summed E-state index contributed by atoms with van der Waals surface area (Å²) < 4.78 is 2.20. The summed E-state index contributed by atoms with van der Waals surface area (Å²) in [6.45, 7) is 8.51. The number of benzene rings is 1. The van der Waals surface area contributed by atoms with Crippen molar-refractivity contribution in [3.05, 3.63) is 48.0 Å². The SMILES string of the molecule is CN=C(NCCCCn1ccnc1C)NC(C)c1cccc(N2CCCC2)c1. The van der Waals surface area contributed by atoms with Crippen molar-refractivity contribution < 1.29 is 0 Å². The highest BCUT2D eigenvalue weighted by Gasteiger charge is 2.14. The molecule has 1 aliphatic rings. The van der Waals surface area contributed by atoms with Crippen LogP contribution in [0.25, 0.3) is 0 Å². The van der Waals surface area contributed by atoms with Gasteiger partial charge in [-0.15, -0.1) is 0 Å². The Labute approximate surface area is 169 Å². The second-order valence-electron chi connectivity index (χ2n) is 7.53. The lowest BCUT2D eigenvalue weighted by Gasteiger charge is -2.22. The lowest BCUT2D eigenvalue weighted by Crippen LogP contribution is -2.39. The molecule has 2 aromatic rings. The maximum absolute atomic E-state index is 4.38. The molecule has 0 aliphatic carbocycles. The van der Waals surface area contributed by atoms with E-state index < -0.39 is 0 Å². The van der Waals surface area contributed by atoms with Crippen LogP contribution in [0, 0.1) is 6.92 Å². The first-order valence-electron chi connectivity index (χ1n) is 10.5. The maximum atomic E-state index is 4.38. The van der Waals surface area contributed by atoms with E-state index in [1.165, 1.54) is 37.2 Å². The fourth-order valence-electron chi connectivity index (χ4n) is 3.70. The Hall–Kier alpha value is -2.50. The monoisotopic (exact) mass is 382 g/mol. The number of guanidine groups is 1. The Bertz CT molecular complexity index is 760. The van der Waals surface area contributed by atoms with Crippen LogP contribution in [0.4, 0.5) is 5.69 Å². The second-order valence-corrected chi connectivity index (χ2v) is 7.53. The average Bonchev–Trinajstić information content (AvgIpc) is 3.39. The van der Waals surface area contributed by atoms with Gasteiger partial charge in [0.2, 0.25) is 0 Å². The first-order chi connectivity index (χ1) is 13.7. The standard InChI is InChI=1S/C22H34N6/c1-18(20-9-8-10-21(17-20)28-14-6-7-15-28)26-22(23-3)25-11-4-5-13-27-16-12-24-19(27)2/h8-10,12,16-18H,4-7,11,13-15H2,1-3H3,(H2,23,25,26). The predicted molar refractivity (Wildman–Crippen MR) is 117 cm³/mol. The van der Waals surface area contributed by atoms with E-state index in [1.54, 1.807) is 0 Å². The average molecular weight is 383 g/mol. The molecule has 1 aromatic carbocycles. The summed E-state index contributed by atoms with van der Waals surface area (Å²) in [7, 11) is 1.83. The van der Waals surface area contributed by atoms with Crippen molar-refractivity contribution in [2.45, 2.75) is 52.1 Å². The van der Waals surface area contributed by atoms with E-state index >= 15 is 0 Å². The molecule has 2 heterocycles. The minimum Gasteiger partial charge on any atom is -0.372 e. The maximum Gasteiger partial charge on any atom is 0.191 e. The lowest BCUT2D eigenvalue weighted by molar-refractivity contribution is 0.585. The summed E-state index contributed by atoms with van der Waals surface area (Å²) in [4.78, 5) is 11.1. The minimum absolute atomic E-state index is 0.211. The van der Waals surface area contributed by atoms with Gasteiger partial charge in [0.15, 0.2) is 5.96 Å². The number of hydrogen-bond acceptors (Lipinski definition) is 3. The summed E-state index contributed by atoms with van der Waals surface area (Å²) in [5.74, 6) is 1.94. The lowest BCUT2D eigenvalue weighted by atomic mass is 10.1. The van der Waals surface area contributed by atoms with Crippen LogP contribution < -0.4 is 15.5 Å². The van der Waals surface area contributed by atoms with Crippen LogP contribution in [-0.4, -0.2) is 42.2 Å². The van der Waals surface area contributed by atoms with E-state index in [4.69, 9.17) is 0 Å². The molecule has 0 bridgehead atoms. The third-order valence-corrected chi connectivity index (χ3v) is 5.46. The Balaban J connectivity index is 1.43. The smallest absolute Gasteiger partial charge is 0.191 e. The largest absolute Gasteiger partial charge is 0.372 e. The molecule has 0 radical (unpaired) electrons. The van der Waals surface area contributed by atoms with E-state index in [0.29, 0.717) is 0 Å². The van der Waals surface area contributed by atoms with E-state index in [2.05, 4.69) is 61.3 Å². The number of aromatic nitrogens is 2. The summed E-state index contributed by atoms with van der Waals surface area (Å²) >= 11 is 0. The number of nitrogens with one attached hydrogen (secondary N) is 2. The van der Waals surface area contributed by atoms with Gasteiger partial charge in [-0.25, -0.2) is 4.98 Å². The van der Waals surface area contributed by atoms with Gasteiger partial charge in [0.25, 0.3) is 0 Å². The summed E-state index contributed by atoms with van der Waals surface area (Å²) in [6, 6.07) is 9.09. The molecular weight excluding hydrogens is 348 g/mol. The third kappa shape index (κ3) is 5.50. The first-order valence-corrected chi connectivity index (χ1v) is 10.5. The fraction of sp³-hybridized carbons (Fsp3) is 0.545. The summed E-state index contributed by atoms with van der Waals surface area (Å²) in [6.07, 6.45) is 8.72. The summed E-state index contributed by atoms with van der Waals surface area (Å²) in [5, 5.41) is 6.96. The molecule has 1 fully saturated rings. The van der Waals surface area contributed by atoms with Gasteiger partial charge in [-0.3, -0.25) is 4.99 Å². The highest BCUT2D eigenvalue weighted by Crippen LogP contribution is 2.23. The zero-order valence-corrected chi connectivity index (χ0v) is 17.5. The Kier molecular flexibility index (Phi) is 7.34. The molecule has 6 heteroatoms. The normalized spacial score (nSPS) is 15.7. The van der Waals surface area contributed by atoms with Crippen molar-refractivity contribution in [1.29, 1.82) is 0 Å². The van der Waals surface area contributed by atoms with Crippen molar-refractivity contribution in [3.8, 4) is 0 Å². The van der Waals surface area contributed by atoms with Crippen LogP contribution in [0.3, 0.4) is 0 Å². The highest BCUT2D eigenvalue weighted by atomic mass is 15.2. The molecule has 1 aliphatic heterocycles. The molecule has 0 amide bonds. The molecule has 3 rings (SSSR count). The minimum atomic E-state index is 0.211. The van der Waals surface area contributed by atoms with Gasteiger partial charge in [0, 0.05) is 51.3 Å². The Morgan fingerprint density at radius 1 is 1.25 bits per heavy atom. The van der Waals surface area contributed by atoms with Crippen molar-refractivity contribution in [1.82, 2.24) is 20.2 Å². The molecule has 1 aromatic heterocycles. The molecule has 152 valence electrons. The first kappa shape index (κ1) is 20.2. The van der Waals surface area contributed by atoms with Gasteiger partial charge < -0.3 is 20.1 Å². The number of aryl methyl sites for hydroxylation is 2. The molecule has 1 atom stereocenters. The van der Waals surface area contributed by atoms with Crippen LogP contribution in [0.2, 0.25) is 0 Å². The number of rotatable bonds is 8. The van der Waals surface area contributed by atoms with Crippen molar-refractivity contribution in [2.24, 2.45) is 4.99 Å². The molecular formula is C22H34N6. The number of anilines is 1. The zero-order valence-electron chi connectivity index (χ0n) is 17.5. The van der Waals surface area contributed by atoms with Gasteiger partial charge in [0.1, 0.15) is 5.82 Å². The fourth-order valence-corrected chi connectivity index (χ4v) is 3.70. The van der Waals surface area contributed by atoms with Crippen molar-refractivity contribution >= 4 is 11.6 Å². The topological polar surface area (TPSA) is 57.5 Å². The molecule has 1 saturated heterocycles. The van der Waals surface area contributed by atoms with E-state index in [-0.39, 0.29) is 6.04 Å². The van der Waals surface area contributed by atoms with Gasteiger partial charge >= 0.3 is 0 Å². The van der Waals surface area contributed by atoms with Gasteiger partial charge in [-0.1, -0.05) is 12.1 Å². The highest BCUT2D eigenvalue weighted by molar-refractivity contribution is 5.80. The van der Waals surface area contributed by atoms with Crippen LogP contribution >= 0.6 is 0 Å². The zero-order chi connectivity index (χ0) is 19.8. The predicted octanol–water partition coefficient (Wildman–Crippen LogP) is 3.50. The molecule has 0 saturated carbocycles. The Morgan fingerprint density at radius 3 is 2.79 bits per heavy atom. The van der Waals surface area contributed by atoms with Gasteiger partial charge in [0.05, 0.1) is 6.04 Å². The molecule has 1 unspecified atom stereocenters. The van der Waals surface area contributed by atoms with Crippen LogP contribution in [-0.2, 0) is 6.54 Å². The summed E-state index contributed by atoms with van der Waals surface area (Å²) in [5.41, 5.74) is 2.63. The third-order valence-electron chi connectivity index (χ3n) is 5.46. The van der Waals surface area contributed by atoms with Crippen molar-refractivity contribution in [2.75, 3.05) is 31.6 Å². The van der Waals surface area contributed by atoms with E-state index in [1.807, 2.05) is 26.4 Å². The van der Waals surface area contributed by atoms with Crippen LogP contribution in [0.1, 0.15) is 50.0 Å². The second kappa shape index (κ2) is 10.2. The molecule has 28 heavy (non-hydrogen) atoms. The quantitative estimate of drug-likeness (QED) is 0.417. The number of unbranched alkanes of at least 4 members (excludes halogenated alkanes) is 1. The van der Waals surface area contributed by atoms with Gasteiger partial charge in [-0.05, 0) is 57.2 Å².